The van der Waals surface area contributed by atoms with E-state index in [1.54, 1.807) is 6.92 Å². The first-order chi connectivity index (χ1) is 13.7. The zero-order chi connectivity index (χ0) is 21.4. The molecule has 0 aromatic heterocycles. The van der Waals surface area contributed by atoms with Crippen LogP contribution in [0.15, 0.2) is 24.3 Å². The van der Waals surface area contributed by atoms with E-state index in [0.717, 1.165) is 45.7 Å². The summed E-state index contributed by atoms with van der Waals surface area (Å²) in [5.74, 6) is -0.359. The molecule has 2 rings (SSSR count). The molecule has 0 spiro atoms. The summed E-state index contributed by atoms with van der Waals surface area (Å²) in [6.45, 7) is 17.5. The lowest BCUT2D eigenvalue weighted by Gasteiger charge is -2.34. The molecule has 0 radical (unpaired) electrons. The highest BCUT2D eigenvalue weighted by atomic mass is 16.2. The highest BCUT2D eigenvalue weighted by Crippen LogP contribution is 2.22. The fourth-order valence-corrected chi connectivity index (χ4v) is 3.46. The number of nitrogens with zero attached hydrogens (tertiary/aromatic N) is 2. The number of nitrogens with one attached hydrogen (secondary N) is 2. The molecule has 1 unspecified atom stereocenters. The van der Waals surface area contributed by atoms with Gasteiger partial charge in [-0.3, -0.25) is 9.59 Å². The van der Waals surface area contributed by atoms with Crippen molar-refractivity contribution < 1.29 is 9.59 Å². The summed E-state index contributed by atoms with van der Waals surface area (Å²) in [5, 5.41) is 5.73. The maximum absolute atomic E-state index is 12.4. The van der Waals surface area contributed by atoms with Crippen LogP contribution in [0.2, 0.25) is 0 Å². The van der Waals surface area contributed by atoms with Crippen LogP contribution in [0.25, 0.3) is 0 Å². The fourth-order valence-electron chi connectivity index (χ4n) is 3.46. The first-order valence-corrected chi connectivity index (χ1v) is 10.8. The number of benzene rings is 1. The van der Waals surface area contributed by atoms with Crippen LogP contribution in [0.4, 0.5) is 0 Å². The Bertz CT molecular complexity index is 658. The smallest absolute Gasteiger partial charge is 0.251 e. The molecular weight excluding hydrogens is 364 g/mol. The maximum atomic E-state index is 12.4. The minimum absolute atomic E-state index is 0.0474. The predicted molar refractivity (Wildman–Crippen MR) is 118 cm³/mol. The van der Waals surface area contributed by atoms with E-state index in [-0.39, 0.29) is 17.2 Å². The number of hydrogen-bond donors (Lipinski definition) is 2. The second-order valence-corrected chi connectivity index (χ2v) is 8.94. The van der Waals surface area contributed by atoms with Crippen molar-refractivity contribution in [2.75, 3.05) is 45.8 Å². The lowest BCUT2D eigenvalue weighted by molar-refractivity contribution is -0.122. The van der Waals surface area contributed by atoms with E-state index in [4.69, 9.17) is 0 Å². The monoisotopic (exact) mass is 402 g/mol. The van der Waals surface area contributed by atoms with Crippen molar-refractivity contribution in [3.8, 4) is 0 Å². The minimum atomic E-state index is -0.558. The van der Waals surface area contributed by atoms with Crippen molar-refractivity contribution in [1.29, 1.82) is 0 Å². The largest absolute Gasteiger partial charge is 0.354 e. The first-order valence-electron chi connectivity index (χ1n) is 10.8. The topological polar surface area (TPSA) is 64.7 Å². The molecule has 29 heavy (non-hydrogen) atoms. The van der Waals surface area contributed by atoms with Gasteiger partial charge >= 0.3 is 0 Å². The van der Waals surface area contributed by atoms with Crippen molar-refractivity contribution in [3.63, 3.8) is 0 Å². The number of carbonyl (C=O) groups is 2. The Labute approximate surface area is 176 Å². The van der Waals surface area contributed by atoms with Gasteiger partial charge in [-0.05, 0) is 49.5 Å². The van der Waals surface area contributed by atoms with Gasteiger partial charge < -0.3 is 20.4 Å². The Hall–Kier alpha value is -1.92. The van der Waals surface area contributed by atoms with Crippen LogP contribution in [-0.4, -0.2) is 73.5 Å². The number of rotatable bonds is 8. The number of hydrogen-bond acceptors (Lipinski definition) is 4. The molecule has 1 saturated heterocycles. The van der Waals surface area contributed by atoms with Gasteiger partial charge in [-0.15, -0.1) is 0 Å². The van der Waals surface area contributed by atoms with Crippen molar-refractivity contribution in [1.82, 2.24) is 20.4 Å². The molecule has 6 heteroatoms. The summed E-state index contributed by atoms with van der Waals surface area (Å²) in [4.78, 5) is 29.6. The minimum Gasteiger partial charge on any atom is -0.354 e. The van der Waals surface area contributed by atoms with Crippen molar-refractivity contribution in [2.24, 2.45) is 0 Å². The molecule has 1 aliphatic heterocycles. The molecule has 1 aliphatic rings. The molecule has 1 aromatic carbocycles. The first kappa shape index (κ1) is 23.4. The third kappa shape index (κ3) is 7.44. The summed E-state index contributed by atoms with van der Waals surface area (Å²) in [6, 6.07) is 7.02. The molecule has 0 aliphatic carbocycles. The summed E-state index contributed by atoms with van der Waals surface area (Å²) in [5.41, 5.74) is 1.80. The Morgan fingerprint density at radius 2 is 1.62 bits per heavy atom. The molecule has 6 nitrogen and oxygen atoms in total. The summed E-state index contributed by atoms with van der Waals surface area (Å²) in [6.07, 6.45) is 0.923. The number of amides is 2. The number of likely N-dealkylation sites (N-methyl/N-ethyl adjacent to an activating group) is 1. The second kappa shape index (κ2) is 10.7. The normalized spacial score (nSPS) is 17.0. The maximum Gasteiger partial charge on any atom is 0.251 e. The third-order valence-electron chi connectivity index (χ3n) is 5.62. The van der Waals surface area contributed by atoms with E-state index in [1.807, 2.05) is 24.3 Å². The van der Waals surface area contributed by atoms with Crippen LogP contribution in [0.3, 0.4) is 0 Å². The van der Waals surface area contributed by atoms with Crippen LogP contribution >= 0.6 is 0 Å². The van der Waals surface area contributed by atoms with Gasteiger partial charge in [-0.1, -0.05) is 39.8 Å². The Kier molecular flexibility index (Phi) is 8.65. The van der Waals surface area contributed by atoms with Crippen LogP contribution in [-0.2, 0) is 10.2 Å². The highest BCUT2D eigenvalue weighted by molar-refractivity contribution is 5.97. The molecule has 1 atom stereocenters. The van der Waals surface area contributed by atoms with E-state index in [9.17, 15) is 9.59 Å². The van der Waals surface area contributed by atoms with E-state index in [0.29, 0.717) is 12.1 Å². The van der Waals surface area contributed by atoms with Gasteiger partial charge in [0.05, 0.1) is 0 Å². The second-order valence-electron chi connectivity index (χ2n) is 8.94. The molecule has 1 aromatic rings. The van der Waals surface area contributed by atoms with Crippen LogP contribution in [0.1, 0.15) is 57.0 Å². The number of carbonyl (C=O) groups excluding carboxylic acids is 2. The Morgan fingerprint density at radius 1 is 1.03 bits per heavy atom. The molecular formula is C23H38N4O2. The molecule has 2 amide bonds. The van der Waals surface area contributed by atoms with Crippen LogP contribution < -0.4 is 10.6 Å². The lowest BCUT2D eigenvalue weighted by Crippen LogP contribution is -2.47. The fraction of sp³-hybridized carbons (Fsp3) is 0.652. The zero-order valence-electron chi connectivity index (χ0n) is 18.8. The molecule has 0 saturated carbocycles. The van der Waals surface area contributed by atoms with Crippen LogP contribution in [0.5, 0.6) is 0 Å². The van der Waals surface area contributed by atoms with Crippen molar-refractivity contribution in [2.45, 2.75) is 52.5 Å². The average Bonchev–Trinajstić information content (AvgIpc) is 2.70. The van der Waals surface area contributed by atoms with Crippen molar-refractivity contribution >= 4 is 11.8 Å². The van der Waals surface area contributed by atoms with E-state index in [2.05, 4.69) is 48.1 Å². The Balaban J connectivity index is 1.68. The third-order valence-corrected chi connectivity index (χ3v) is 5.62. The molecule has 1 fully saturated rings. The van der Waals surface area contributed by atoms with Gasteiger partial charge in [0.2, 0.25) is 5.91 Å². The van der Waals surface area contributed by atoms with Gasteiger partial charge in [0.25, 0.3) is 5.91 Å². The van der Waals surface area contributed by atoms with Gasteiger partial charge in [0, 0.05) is 38.3 Å². The Morgan fingerprint density at radius 3 is 2.17 bits per heavy atom. The highest BCUT2D eigenvalue weighted by Gasteiger charge is 2.18. The van der Waals surface area contributed by atoms with Gasteiger partial charge in [-0.25, -0.2) is 0 Å². The van der Waals surface area contributed by atoms with E-state index < -0.39 is 6.04 Å². The number of piperazine rings is 1. The molecule has 162 valence electrons. The predicted octanol–water partition coefficient (Wildman–Crippen LogP) is 2.25. The summed E-state index contributed by atoms with van der Waals surface area (Å²) < 4.78 is 0. The van der Waals surface area contributed by atoms with Crippen molar-refractivity contribution in [3.05, 3.63) is 35.4 Å². The van der Waals surface area contributed by atoms with Gasteiger partial charge in [-0.2, -0.15) is 0 Å². The summed E-state index contributed by atoms with van der Waals surface area (Å²) in [7, 11) is 0. The standard InChI is InChI=1S/C23H38N4O2/c1-6-26-14-16-27(17-15-26)13-7-12-24-21(28)18(2)25-22(29)19-8-10-20(11-9-19)23(3,4)5/h8-11,18H,6-7,12-17H2,1-5H3,(H,24,28)(H,25,29). The molecule has 2 N–H and O–H groups in total. The van der Waals surface area contributed by atoms with E-state index in [1.165, 1.54) is 5.56 Å². The van der Waals surface area contributed by atoms with Gasteiger partial charge in [0.15, 0.2) is 0 Å². The van der Waals surface area contributed by atoms with E-state index >= 15 is 0 Å². The SMILES string of the molecule is CCN1CCN(CCCNC(=O)C(C)NC(=O)c2ccc(C(C)(C)C)cc2)CC1. The zero-order valence-corrected chi connectivity index (χ0v) is 18.8. The van der Waals surface area contributed by atoms with Gasteiger partial charge in [0.1, 0.15) is 6.04 Å². The lowest BCUT2D eigenvalue weighted by atomic mass is 9.86. The molecule has 0 bridgehead atoms. The van der Waals surface area contributed by atoms with Crippen LogP contribution in [0, 0.1) is 0 Å². The average molecular weight is 403 g/mol. The quantitative estimate of drug-likeness (QED) is 0.655. The molecule has 1 heterocycles. The summed E-state index contributed by atoms with van der Waals surface area (Å²) >= 11 is 0.